The van der Waals surface area contributed by atoms with Gasteiger partial charge in [0.25, 0.3) is 5.91 Å². The first-order valence-electron chi connectivity index (χ1n) is 8.16. The van der Waals surface area contributed by atoms with Gasteiger partial charge in [-0.1, -0.05) is 17.7 Å². The standard InChI is InChI=1S/C19H20N4O2/c1-13-2-5-16(6-3-13)22-18-8-14(9-20)4-7-17(18)19(24)23-25-12-15-10-21-11-15/h2-8,15,21-22H,10-12H2,1H3,(H,23,24). The molecule has 0 unspecified atom stereocenters. The number of nitrogens with one attached hydrogen (secondary N) is 3. The highest BCUT2D eigenvalue weighted by molar-refractivity contribution is 6.00. The van der Waals surface area contributed by atoms with Crippen molar-refractivity contribution >= 4 is 17.3 Å². The van der Waals surface area contributed by atoms with Gasteiger partial charge in [-0.25, -0.2) is 5.48 Å². The fraction of sp³-hybridized carbons (Fsp3) is 0.263. The second-order valence-electron chi connectivity index (χ2n) is 6.13. The number of hydrogen-bond donors (Lipinski definition) is 3. The van der Waals surface area contributed by atoms with E-state index in [0.717, 1.165) is 24.3 Å². The molecule has 3 N–H and O–H groups in total. The fourth-order valence-electron chi connectivity index (χ4n) is 2.45. The third-order valence-corrected chi connectivity index (χ3v) is 4.07. The van der Waals surface area contributed by atoms with Crippen molar-refractivity contribution in [1.82, 2.24) is 10.8 Å². The molecular weight excluding hydrogens is 316 g/mol. The number of hydroxylamine groups is 1. The second kappa shape index (κ2) is 7.79. The lowest BCUT2D eigenvalue weighted by Gasteiger charge is -2.26. The van der Waals surface area contributed by atoms with Crippen LogP contribution in [-0.2, 0) is 4.84 Å². The maximum absolute atomic E-state index is 12.4. The highest BCUT2D eigenvalue weighted by atomic mass is 16.7. The molecule has 128 valence electrons. The molecule has 25 heavy (non-hydrogen) atoms. The smallest absolute Gasteiger partial charge is 0.276 e. The Morgan fingerprint density at radius 2 is 2.04 bits per heavy atom. The number of amides is 1. The molecule has 0 aromatic heterocycles. The van der Waals surface area contributed by atoms with Crippen molar-refractivity contribution in [2.24, 2.45) is 5.92 Å². The van der Waals surface area contributed by atoms with Crippen LogP contribution in [0.1, 0.15) is 21.5 Å². The Bertz CT molecular complexity index is 792. The molecule has 0 saturated carbocycles. The van der Waals surface area contributed by atoms with Crippen molar-refractivity contribution in [1.29, 1.82) is 5.26 Å². The van der Waals surface area contributed by atoms with Gasteiger partial charge in [-0.3, -0.25) is 9.63 Å². The van der Waals surface area contributed by atoms with Crippen molar-refractivity contribution in [2.45, 2.75) is 6.92 Å². The van der Waals surface area contributed by atoms with Crippen LogP contribution in [0.4, 0.5) is 11.4 Å². The van der Waals surface area contributed by atoms with E-state index >= 15 is 0 Å². The van der Waals surface area contributed by atoms with Gasteiger partial charge in [0.05, 0.1) is 29.5 Å². The molecule has 2 aromatic rings. The molecule has 1 aliphatic rings. The SMILES string of the molecule is Cc1ccc(Nc2cc(C#N)ccc2C(=O)NOCC2CNC2)cc1. The molecule has 1 heterocycles. The number of nitrogens with zero attached hydrogens (tertiary/aromatic N) is 1. The monoisotopic (exact) mass is 336 g/mol. The van der Waals surface area contributed by atoms with Gasteiger partial charge in [0.15, 0.2) is 0 Å². The number of carbonyl (C=O) groups excluding carboxylic acids is 1. The summed E-state index contributed by atoms with van der Waals surface area (Å²) >= 11 is 0. The summed E-state index contributed by atoms with van der Waals surface area (Å²) in [5.74, 6) is 0.0952. The number of carbonyl (C=O) groups is 1. The molecule has 6 heteroatoms. The first-order valence-corrected chi connectivity index (χ1v) is 8.16. The van der Waals surface area contributed by atoms with Crippen LogP contribution in [0.5, 0.6) is 0 Å². The summed E-state index contributed by atoms with van der Waals surface area (Å²) in [5.41, 5.74) is 5.94. The Morgan fingerprint density at radius 3 is 2.68 bits per heavy atom. The summed E-state index contributed by atoms with van der Waals surface area (Å²) in [6.45, 7) is 4.31. The lowest BCUT2D eigenvalue weighted by atomic mass is 10.1. The topological polar surface area (TPSA) is 86.2 Å². The van der Waals surface area contributed by atoms with Gasteiger partial charge in [0.1, 0.15) is 0 Å². The Morgan fingerprint density at radius 1 is 1.28 bits per heavy atom. The van der Waals surface area contributed by atoms with Crippen LogP contribution in [0.2, 0.25) is 0 Å². The number of nitriles is 1. The number of benzene rings is 2. The molecule has 3 rings (SSSR count). The third kappa shape index (κ3) is 4.35. The molecule has 0 atom stereocenters. The van der Waals surface area contributed by atoms with Crippen LogP contribution in [0.3, 0.4) is 0 Å². The van der Waals surface area contributed by atoms with Crippen molar-refractivity contribution in [3.8, 4) is 6.07 Å². The van der Waals surface area contributed by atoms with E-state index in [4.69, 9.17) is 10.1 Å². The van der Waals surface area contributed by atoms with Crippen molar-refractivity contribution < 1.29 is 9.63 Å². The van der Waals surface area contributed by atoms with Crippen molar-refractivity contribution in [2.75, 3.05) is 25.0 Å². The van der Waals surface area contributed by atoms with Gasteiger partial charge in [-0.2, -0.15) is 5.26 Å². The largest absolute Gasteiger partial charge is 0.355 e. The zero-order chi connectivity index (χ0) is 17.6. The first-order chi connectivity index (χ1) is 12.2. The van der Waals surface area contributed by atoms with E-state index in [1.807, 2.05) is 31.2 Å². The predicted octanol–water partition coefficient (Wildman–Crippen LogP) is 2.49. The molecule has 1 fully saturated rings. The number of rotatable bonds is 6. The number of aryl methyl sites for hydroxylation is 1. The van der Waals surface area contributed by atoms with Crippen LogP contribution in [0.25, 0.3) is 0 Å². The first kappa shape index (κ1) is 17.0. The normalized spacial score (nSPS) is 13.6. The molecule has 1 saturated heterocycles. The van der Waals surface area contributed by atoms with Crippen LogP contribution < -0.4 is 16.1 Å². The average Bonchev–Trinajstić information content (AvgIpc) is 2.59. The molecule has 1 aliphatic heterocycles. The van der Waals surface area contributed by atoms with Gasteiger partial charge < -0.3 is 10.6 Å². The number of hydrogen-bond acceptors (Lipinski definition) is 5. The lowest BCUT2D eigenvalue weighted by molar-refractivity contribution is 0.00816. The second-order valence-corrected chi connectivity index (χ2v) is 6.13. The summed E-state index contributed by atoms with van der Waals surface area (Å²) < 4.78 is 0. The lowest BCUT2D eigenvalue weighted by Crippen LogP contribution is -2.45. The van der Waals surface area contributed by atoms with Gasteiger partial charge in [0.2, 0.25) is 0 Å². The summed E-state index contributed by atoms with van der Waals surface area (Å²) in [7, 11) is 0. The van der Waals surface area contributed by atoms with E-state index in [-0.39, 0.29) is 5.91 Å². The Hall–Kier alpha value is -2.88. The maximum atomic E-state index is 12.4. The molecular formula is C19H20N4O2. The fourth-order valence-corrected chi connectivity index (χ4v) is 2.45. The van der Waals surface area contributed by atoms with E-state index in [0.29, 0.717) is 29.3 Å². The average molecular weight is 336 g/mol. The molecule has 0 radical (unpaired) electrons. The van der Waals surface area contributed by atoms with Gasteiger partial charge in [-0.15, -0.1) is 0 Å². The van der Waals surface area contributed by atoms with Crippen LogP contribution in [-0.4, -0.2) is 25.6 Å². The Balaban J connectivity index is 1.73. The quantitative estimate of drug-likeness (QED) is 0.706. The van der Waals surface area contributed by atoms with Crippen LogP contribution in [0.15, 0.2) is 42.5 Å². The van der Waals surface area contributed by atoms with Crippen LogP contribution in [0, 0.1) is 24.2 Å². The number of anilines is 2. The van der Waals surface area contributed by atoms with E-state index in [2.05, 4.69) is 22.2 Å². The van der Waals surface area contributed by atoms with E-state index in [9.17, 15) is 4.79 Å². The molecule has 2 aromatic carbocycles. The van der Waals surface area contributed by atoms with Crippen molar-refractivity contribution in [3.63, 3.8) is 0 Å². The van der Waals surface area contributed by atoms with Gasteiger partial charge in [0, 0.05) is 24.7 Å². The Kier molecular flexibility index (Phi) is 5.29. The van der Waals surface area contributed by atoms with Crippen LogP contribution >= 0.6 is 0 Å². The molecule has 6 nitrogen and oxygen atoms in total. The Labute approximate surface area is 146 Å². The summed E-state index contributed by atoms with van der Waals surface area (Å²) in [6.07, 6.45) is 0. The molecule has 0 aliphatic carbocycles. The molecule has 1 amide bonds. The predicted molar refractivity (Wildman–Crippen MR) is 95.4 cm³/mol. The third-order valence-electron chi connectivity index (χ3n) is 4.07. The summed E-state index contributed by atoms with van der Waals surface area (Å²) in [5, 5.41) is 15.5. The van der Waals surface area contributed by atoms with E-state index in [1.54, 1.807) is 18.2 Å². The minimum absolute atomic E-state index is 0.341. The zero-order valence-electron chi connectivity index (χ0n) is 14.0. The zero-order valence-corrected chi connectivity index (χ0v) is 14.0. The minimum Gasteiger partial charge on any atom is -0.355 e. The van der Waals surface area contributed by atoms with Gasteiger partial charge >= 0.3 is 0 Å². The molecule has 0 bridgehead atoms. The van der Waals surface area contributed by atoms with E-state index < -0.39 is 0 Å². The summed E-state index contributed by atoms with van der Waals surface area (Å²) in [4.78, 5) is 17.7. The highest BCUT2D eigenvalue weighted by Crippen LogP contribution is 2.23. The minimum atomic E-state index is -0.341. The summed E-state index contributed by atoms with van der Waals surface area (Å²) in [6, 6.07) is 14.8. The van der Waals surface area contributed by atoms with Crippen molar-refractivity contribution in [3.05, 3.63) is 59.2 Å². The van der Waals surface area contributed by atoms with Gasteiger partial charge in [-0.05, 0) is 37.3 Å². The maximum Gasteiger partial charge on any atom is 0.276 e. The highest BCUT2D eigenvalue weighted by Gasteiger charge is 2.18. The molecule has 0 spiro atoms. The van der Waals surface area contributed by atoms with E-state index in [1.165, 1.54) is 0 Å².